The van der Waals surface area contributed by atoms with Crippen molar-refractivity contribution in [1.29, 1.82) is 0 Å². The number of para-hydroxylation sites is 2. The van der Waals surface area contributed by atoms with E-state index in [0.717, 1.165) is 55.6 Å². The summed E-state index contributed by atoms with van der Waals surface area (Å²) in [5.41, 5.74) is 3.42. The number of rotatable bonds is 7. The van der Waals surface area contributed by atoms with Crippen LogP contribution in [0.5, 0.6) is 0 Å². The number of amides is 1. The SMILES string of the molecule is Cc1nc2ccccc2n1C1C[C@H]2CC[C@@H](C1)N2CCC1(c2cc(Cl)cc(Cl)c2)CCN(C(=O)c2ccc(Cl)c(S(N)(=O)=O)c2)CC1. The van der Waals surface area contributed by atoms with Crippen LogP contribution >= 0.6 is 34.8 Å². The van der Waals surface area contributed by atoms with Crippen molar-refractivity contribution >= 4 is 61.8 Å². The molecule has 2 N–H and O–H groups in total. The Kier molecular flexibility index (Phi) is 8.85. The molecule has 3 aromatic carbocycles. The lowest BCUT2D eigenvalue weighted by Gasteiger charge is -2.46. The van der Waals surface area contributed by atoms with Crippen molar-refractivity contribution in [3.8, 4) is 0 Å². The summed E-state index contributed by atoms with van der Waals surface area (Å²) >= 11 is 19.2. The van der Waals surface area contributed by atoms with Gasteiger partial charge < -0.3 is 9.47 Å². The minimum absolute atomic E-state index is 0.00828. The molecular formula is C35H38Cl3N5O3S. The number of nitrogens with zero attached hydrogens (tertiary/aromatic N) is 4. The molecule has 0 radical (unpaired) electrons. The van der Waals surface area contributed by atoms with Crippen LogP contribution in [0, 0.1) is 6.92 Å². The van der Waals surface area contributed by atoms with Crippen LogP contribution in [0.25, 0.3) is 11.0 Å². The lowest BCUT2D eigenvalue weighted by molar-refractivity contribution is 0.0606. The second kappa shape index (κ2) is 12.7. The molecule has 3 fully saturated rings. The van der Waals surface area contributed by atoms with Gasteiger partial charge in [-0.2, -0.15) is 0 Å². The van der Waals surface area contributed by atoms with Gasteiger partial charge in [0.15, 0.2) is 0 Å². The average Bonchev–Trinajstić information content (AvgIpc) is 3.49. The summed E-state index contributed by atoms with van der Waals surface area (Å²) in [5, 5.41) is 6.54. The standard InChI is InChI=1S/C35H38Cl3N5O3S/c1-22-40-31-4-2-3-5-32(31)43(22)29-20-27-7-8-28(21-29)42(27)15-12-35(24-17-25(36)19-26(37)18-24)10-13-41(14-11-35)34(44)23-6-9-30(38)33(16-23)47(39,45)46/h2-6,9,16-19,27-29H,7-8,10-15,20-21H2,1H3,(H2,39,45,46)/t27-,28+,29?. The molecule has 3 aliphatic heterocycles. The van der Waals surface area contributed by atoms with Crippen LogP contribution in [-0.4, -0.2) is 65.4 Å². The molecular weight excluding hydrogens is 677 g/mol. The first-order valence-corrected chi connectivity index (χ1v) is 18.9. The zero-order chi connectivity index (χ0) is 33.1. The minimum atomic E-state index is -4.07. The maximum atomic E-state index is 13.6. The van der Waals surface area contributed by atoms with Gasteiger partial charge in [0.25, 0.3) is 5.91 Å². The summed E-state index contributed by atoms with van der Waals surface area (Å²) < 4.78 is 26.5. The number of carbonyl (C=O) groups excluding carboxylic acids is 1. The Hall–Kier alpha value is -2.66. The molecule has 0 aliphatic carbocycles. The molecule has 0 saturated carbocycles. The van der Waals surface area contributed by atoms with Gasteiger partial charge in [-0.25, -0.2) is 18.5 Å². The first-order valence-electron chi connectivity index (χ1n) is 16.2. The highest BCUT2D eigenvalue weighted by atomic mass is 35.5. The van der Waals surface area contributed by atoms with Crippen molar-refractivity contribution in [2.45, 2.75) is 80.3 Å². The number of fused-ring (bicyclic) bond motifs is 3. The summed E-state index contributed by atoms with van der Waals surface area (Å²) in [6, 6.07) is 19.9. The number of hydrogen-bond donors (Lipinski definition) is 1. The van der Waals surface area contributed by atoms with Crippen LogP contribution in [0.1, 0.15) is 72.7 Å². The van der Waals surface area contributed by atoms with Gasteiger partial charge >= 0.3 is 0 Å². The molecule has 3 saturated heterocycles. The van der Waals surface area contributed by atoms with Gasteiger partial charge in [0.2, 0.25) is 10.0 Å². The number of imidazole rings is 1. The van der Waals surface area contributed by atoms with Crippen molar-refractivity contribution in [3.05, 3.63) is 92.7 Å². The van der Waals surface area contributed by atoms with Gasteiger partial charge in [-0.1, -0.05) is 46.9 Å². The Morgan fingerprint density at radius 1 is 0.936 bits per heavy atom. The Morgan fingerprint density at radius 3 is 2.26 bits per heavy atom. The highest BCUT2D eigenvalue weighted by Crippen LogP contribution is 2.46. The fourth-order valence-corrected chi connectivity index (χ4v) is 10.1. The number of halogens is 3. The molecule has 1 amide bonds. The third-order valence-corrected chi connectivity index (χ3v) is 12.6. The van der Waals surface area contributed by atoms with Crippen LogP contribution in [0.15, 0.2) is 65.6 Å². The number of aromatic nitrogens is 2. The quantitative estimate of drug-likeness (QED) is 0.215. The van der Waals surface area contributed by atoms with Crippen molar-refractivity contribution < 1.29 is 13.2 Å². The minimum Gasteiger partial charge on any atom is -0.339 e. The zero-order valence-electron chi connectivity index (χ0n) is 26.2. The maximum absolute atomic E-state index is 13.6. The summed E-state index contributed by atoms with van der Waals surface area (Å²) in [6.07, 6.45) is 7.01. The van der Waals surface area contributed by atoms with Crippen molar-refractivity contribution in [2.24, 2.45) is 5.14 Å². The zero-order valence-corrected chi connectivity index (χ0v) is 29.3. The Morgan fingerprint density at radius 2 is 1.60 bits per heavy atom. The van der Waals surface area contributed by atoms with E-state index in [2.05, 4.69) is 40.7 Å². The van der Waals surface area contributed by atoms with Gasteiger partial charge in [0.1, 0.15) is 10.7 Å². The van der Waals surface area contributed by atoms with Gasteiger partial charge in [-0.3, -0.25) is 9.69 Å². The summed E-state index contributed by atoms with van der Waals surface area (Å²) in [7, 11) is -4.07. The number of likely N-dealkylation sites (tertiary alicyclic amines) is 1. The van der Waals surface area contributed by atoms with E-state index in [1.54, 1.807) is 17.0 Å². The molecule has 8 nitrogen and oxygen atoms in total. The monoisotopic (exact) mass is 713 g/mol. The molecule has 1 unspecified atom stereocenters. The Balaban J connectivity index is 1.09. The predicted octanol–water partition coefficient (Wildman–Crippen LogP) is 7.38. The van der Waals surface area contributed by atoms with E-state index in [1.165, 1.54) is 30.5 Å². The van der Waals surface area contributed by atoms with Gasteiger partial charge in [0.05, 0.1) is 16.1 Å². The lowest BCUT2D eigenvalue weighted by atomic mass is 9.70. The van der Waals surface area contributed by atoms with Crippen molar-refractivity contribution in [3.63, 3.8) is 0 Å². The number of aryl methyl sites for hydroxylation is 1. The molecule has 12 heteroatoms. The number of nitrogens with two attached hydrogens (primary N) is 1. The number of benzene rings is 3. The van der Waals surface area contributed by atoms with Crippen molar-refractivity contribution in [1.82, 2.24) is 19.4 Å². The molecule has 7 rings (SSSR count). The van der Waals surface area contributed by atoms with Gasteiger partial charge in [0, 0.05) is 46.8 Å². The molecule has 47 heavy (non-hydrogen) atoms. The summed E-state index contributed by atoms with van der Waals surface area (Å²) in [5.74, 6) is 0.841. The molecule has 2 bridgehead atoms. The van der Waals surface area contributed by atoms with Crippen LogP contribution in [0.2, 0.25) is 15.1 Å². The fraction of sp³-hybridized carbons (Fsp3) is 0.429. The third-order valence-electron chi connectivity index (χ3n) is 10.8. The highest BCUT2D eigenvalue weighted by Gasteiger charge is 2.44. The van der Waals surface area contributed by atoms with Gasteiger partial charge in [-0.15, -0.1) is 0 Å². The van der Waals surface area contributed by atoms with E-state index < -0.39 is 10.0 Å². The molecule has 3 atom stereocenters. The second-order valence-electron chi connectivity index (χ2n) is 13.4. The van der Waals surface area contributed by atoms with E-state index in [1.807, 2.05) is 12.1 Å². The average molecular weight is 715 g/mol. The summed E-state index contributed by atoms with van der Waals surface area (Å²) in [6.45, 7) is 4.10. The van der Waals surface area contributed by atoms with E-state index in [0.29, 0.717) is 41.3 Å². The van der Waals surface area contributed by atoms with E-state index in [9.17, 15) is 13.2 Å². The topological polar surface area (TPSA) is 102 Å². The normalized spacial score (nSPS) is 23.0. The van der Waals surface area contributed by atoms with E-state index in [4.69, 9.17) is 44.9 Å². The van der Waals surface area contributed by atoms with Gasteiger partial charge in [-0.05, 0) is 118 Å². The summed E-state index contributed by atoms with van der Waals surface area (Å²) in [4.78, 5) is 22.7. The number of carbonyl (C=O) groups is 1. The maximum Gasteiger partial charge on any atom is 0.253 e. The first-order chi connectivity index (χ1) is 22.4. The molecule has 4 heterocycles. The second-order valence-corrected chi connectivity index (χ2v) is 16.2. The Labute approximate surface area is 290 Å². The molecule has 3 aliphatic rings. The smallest absolute Gasteiger partial charge is 0.253 e. The van der Waals surface area contributed by atoms with Crippen LogP contribution in [0.3, 0.4) is 0 Å². The van der Waals surface area contributed by atoms with Crippen LogP contribution in [-0.2, 0) is 15.4 Å². The molecule has 4 aromatic rings. The Bertz CT molecular complexity index is 1920. The lowest BCUT2D eigenvalue weighted by Crippen LogP contribution is -2.49. The number of primary sulfonamides is 1. The molecule has 1 aromatic heterocycles. The van der Waals surface area contributed by atoms with E-state index >= 15 is 0 Å². The molecule has 0 spiro atoms. The van der Waals surface area contributed by atoms with Crippen molar-refractivity contribution in [2.75, 3.05) is 19.6 Å². The fourth-order valence-electron chi connectivity index (χ4n) is 8.51. The highest BCUT2D eigenvalue weighted by molar-refractivity contribution is 7.89. The number of hydrogen-bond acceptors (Lipinski definition) is 5. The number of sulfonamides is 1. The number of piperidine rings is 2. The van der Waals surface area contributed by atoms with Crippen LogP contribution in [0.4, 0.5) is 0 Å². The third kappa shape index (κ3) is 6.31. The largest absolute Gasteiger partial charge is 0.339 e. The van der Waals surface area contributed by atoms with Crippen LogP contribution < -0.4 is 5.14 Å². The predicted molar refractivity (Wildman–Crippen MR) is 187 cm³/mol. The first kappa shape index (κ1) is 32.9. The molecule has 248 valence electrons. The van der Waals surface area contributed by atoms with E-state index in [-0.39, 0.29) is 26.8 Å².